The van der Waals surface area contributed by atoms with Gasteiger partial charge in [-0.05, 0) is 55.9 Å². The Kier molecular flexibility index (Phi) is 5.69. The van der Waals surface area contributed by atoms with Gasteiger partial charge in [0.1, 0.15) is 17.6 Å². The van der Waals surface area contributed by atoms with Gasteiger partial charge in [-0.2, -0.15) is 5.10 Å². The Morgan fingerprint density at radius 2 is 1.90 bits per heavy atom. The van der Waals surface area contributed by atoms with Crippen LogP contribution >= 0.6 is 0 Å². The van der Waals surface area contributed by atoms with Gasteiger partial charge in [0.25, 0.3) is 5.91 Å². The second kappa shape index (κ2) is 8.41. The third-order valence-corrected chi connectivity index (χ3v) is 5.92. The van der Waals surface area contributed by atoms with Crippen LogP contribution in [0.5, 0.6) is 0 Å². The third-order valence-electron chi connectivity index (χ3n) is 5.92. The number of hydrazone groups is 1. The minimum Gasteiger partial charge on any atom is -0.368 e. The Balaban J connectivity index is 1.44. The van der Waals surface area contributed by atoms with Crippen molar-refractivity contribution in [2.45, 2.75) is 38.1 Å². The molecule has 0 aromatic heterocycles. The standard InChI is InChI=1S/C21H26FN5O3/c22-15-5-7-16(8-6-15)27-18(19(23)28)10-17(25-27)21(30)26-9-1-2-14(12-26)20(29)24-11-13-3-4-13/h5-8,13-14,18H,1-4,9-12H2,(H2,23,28)(H,24,29). The largest absolute Gasteiger partial charge is 0.368 e. The van der Waals surface area contributed by atoms with E-state index < -0.39 is 17.8 Å². The highest BCUT2D eigenvalue weighted by atomic mass is 19.1. The smallest absolute Gasteiger partial charge is 0.270 e. The lowest BCUT2D eigenvalue weighted by atomic mass is 9.96. The number of carbonyl (C=O) groups excluding carboxylic acids is 3. The number of amides is 3. The molecule has 1 saturated carbocycles. The van der Waals surface area contributed by atoms with Gasteiger partial charge >= 0.3 is 0 Å². The number of piperidine rings is 1. The fourth-order valence-electron chi connectivity index (χ4n) is 3.96. The predicted octanol–water partition coefficient (Wildman–Crippen LogP) is 1.01. The average Bonchev–Trinajstić information content (AvgIpc) is 3.47. The molecular formula is C21H26FN5O3. The molecule has 2 atom stereocenters. The Morgan fingerprint density at radius 1 is 1.17 bits per heavy atom. The van der Waals surface area contributed by atoms with E-state index in [-0.39, 0.29) is 29.9 Å². The molecule has 3 aliphatic rings. The number of carbonyl (C=O) groups is 3. The highest BCUT2D eigenvalue weighted by Crippen LogP contribution is 2.28. The van der Waals surface area contributed by atoms with Crippen LogP contribution in [0.25, 0.3) is 0 Å². The maximum Gasteiger partial charge on any atom is 0.270 e. The van der Waals surface area contributed by atoms with E-state index in [1.165, 1.54) is 42.1 Å². The number of primary amides is 1. The van der Waals surface area contributed by atoms with Crippen molar-refractivity contribution in [2.24, 2.45) is 22.7 Å². The summed E-state index contributed by atoms with van der Waals surface area (Å²) in [6.45, 7) is 1.59. The van der Waals surface area contributed by atoms with Gasteiger partial charge in [-0.1, -0.05) is 0 Å². The first-order valence-corrected chi connectivity index (χ1v) is 10.4. The van der Waals surface area contributed by atoms with Gasteiger partial charge in [-0.15, -0.1) is 0 Å². The number of nitrogens with two attached hydrogens (primary N) is 1. The number of hydrogen-bond acceptors (Lipinski definition) is 5. The molecule has 2 fully saturated rings. The second-order valence-electron chi connectivity index (χ2n) is 8.27. The molecule has 1 aromatic carbocycles. The summed E-state index contributed by atoms with van der Waals surface area (Å²) >= 11 is 0. The lowest BCUT2D eigenvalue weighted by Gasteiger charge is -2.32. The lowest BCUT2D eigenvalue weighted by molar-refractivity contribution is -0.131. The zero-order valence-corrected chi connectivity index (χ0v) is 16.7. The van der Waals surface area contributed by atoms with E-state index in [1.807, 2.05) is 0 Å². The van der Waals surface area contributed by atoms with Crippen LogP contribution in [0.2, 0.25) is 0 Å². The van der Waals surface area contributed by atoms with Crippen molar-refractivity contribution in [3.63, 3.8) is 0 Å². The van der Waals surface area contributed by atoms with Crippen LogP contribution in [0.1, 0.15) is 32.1 Å². The summed E-state index contributed by atoms with van der Waals surface area (Å²) in [6.07, 6.45) is 3.91. The first-order chi connectivity index (χ1) is 14.4. The summed E-state index contributed by atoms with van der Waals surface area (Å²) in [5, 5.41) is 8.70. The van der Waals surface area contributed by atoms with Crippen LogP contribution in [0.15, 0.2) is 29.4 Å². The molecule has 9 heteroatoms. The number of rotatable bonds is 6. The van der Waals surface area contributed by atoms with Gasteiger partial charge in [0.05, 0.1) is 11.6 Å². The number of likely N-dealkylation sites (tertiary alicyclic amines) is 1. The van der Waals surface area contributed by atoms with E-state index in [0.717, 1.165) is 12.8 Å². The quantitative estimate of drug-likeness (QED) is 0.723. The predicted molar refractivity (Wildman–Crippen MR) is 109 cm³/mol. The van der Waals surface area contributed by atoms with E-state index >= 15 is 0 Å². The fourth-order valence-corrected chi connectivity index (χ4v) is 3.96. The molecule has 2 unspecified atom stereocenters. The molecule has 4 rings (SSSR count). The summed E-state index contributed by atoms with van der Waals surface area (Å²) < 4.78 is 13.2. The van der Waals surface area contributed by atoms with Crippen molar-refractivity contribution in [1.29, 1.82) is 0 Å². The van der Waals surface area contributed by atoms with E-state index in [1.54, 1.807) is 4.90 Å². The molecule has 3 N–H and O–H groups in total. The van der Waals surface area contributed by atoms with Crippen molar-refractivity contribution in [3.05, 3.63) is 30.1 Å². The molecule has 2 heterocycles. The van der Waals surface area contributed by atoms with E-state index in [9.17, 15) is 18.8 Å². The first kappa shape index (κ1) is 20.3. The number of nitrogens with zero attached hydrogens (tertiary/aromatic N) is 3. The first-order valence-electron chi connectivity index (χ1n) is 10.4. The summed E-state index contributed by atoms with van der Waals surface area (Å²) in [5.74, 6) is -0.939. The summed E-state index contributed by atoms with van der Waals surface area (Å²) in [7, 11) is 0. The SMILES string of the molecule is NC(=O)C1CC(C(=O)N2CCCC(C(=O)NCC3CC3)C2)=NN1c1ccc(F)cc1. The second-order valence-corrected chi connectivity index (χ2v) is 8.27. The molecule has 1 saturated heterocycles. The molecule has 0 bridgehead atoms. The van der Waals surface area contributed by atoms with Crippen molar-refractivity contribution in [3.8, 4) is 0 Å². The Hall–Kier alpha value is -2.97. The van der Waals surface area contributed by atoms with Crippen LogP contribution < -0.4 is 16.1 Å². The molecule has 30 heavy (non-hydrogen) atoms. The monoisotopic (exact) mass is 415 g/mol. The maximum atomic E-state index is 13.2. The molecule has 3 amide bonds. The van der Waals surface area contributed by atoms with Gasteiger partial charge in [0.15, 0.2) is 0 Å². The van der Waals surface area contributed by atoms with Gasteiger partial charge in [0.2, 0.25) is 11.8 Å². The molecule has 160 valence electrons. The van der Waals surface area contributed by atoms with Crippen molar-refractivity contribution < 1.29 is 18.8 Å². The van der Waals surface area contributed by atoms with Gasteiger partial charge in [-0.3, -0.25) is 19.4 Å². The molecule has 0 radical (unpaired) electrons. The number of nitrogens with one attached hydrogen (secondary N) is 1. The summed E-state index contributed by atoms with van der Waals surface area (Å²) in [4.78, 5) is 39.1. The Bertz CT molecular complexity index is 868. The van der Waals surface area contributed by atoms with Gasteiger partial charge < -0.3 is 16.0 Å². The van der Waals surface area contributed by atoms with E-state index in [4.69, 9.17) is 5.73 Å². The summed E-state index contributed by atoms with van der Waals surface area (Å²) in [6, 6.07) is 4.69. The van der Waals surface area contributed by atoms with Crippen LogP contribution in [0, 0.1) is 17.7 Å². The number of benzene rings is 1. The third kappa shape index (κ3) is 4.44. The van der Waals surface area contributed by atoms with Gasteiger partial charge in [0, 0.05) is 26.1 Å². The molecule has 1 aliphatic carbocycles. The van der Waals surface area contributed by atoms with Crippen molar-refractivity contribution in [1.82, 2.24) is 10.2 Å². The number of halogens is 1. The van der Waals surface area contributed by atoms with Crippen LogP contribution in [0.4, 0.5) is 10.1 Å². The maximum absolute atomic E-state index is 13.2. The molecule has 8 nitrogen and oxygen atoms in total. The van der Waals surface area contributed by atoms with Crippen LogP contribution in [0.3, 0.4) is 0 Å². The van der Waals surface area contributed by atoms with E-state index in [2.05, 4.69) is 10.4 Å². The Morgan fingerprint density at radius 3 is 2.57 bits per heavy atom. The number of hydrogen-bond donors (Lipinski definition) is 2. The summed E-state index contributed by atoms with van der Waals surface area (Å²) in [5.41, 5.74) is 6.22. The minimum atomic E-state index is -0.808. The normalized spacial score (nSPS) is 23.8. The molecule has 2 aliphatic heterocycles. The topological polar surface area (TPSA) is 108 Å². The van der Waals surface area contributed by atoms with Crippen molar-refractivity contribution >= 4 is 29.1 Å². The molecule has 1 aromatic rings. The van der Waals surface area contributed by atoms with Crippen molar-refractivity contribution in [2.75, 3.05) is 24.6 Å². The van der Waals surface area contributed by atoms with Crippen LogP contribution in [-0.2, 0) is 14.4 Å². The number of anilines is 1. The van der Waals surface area contributed by atoms with E-state index in [0.29, 0.717) is 31.2 Å². The lowest BCUT2D eigenvalue weighted by Crippen LogP contribution is -2.47. The molecule has 0 spiro atoms. The van der Waals surface area contributed by atoms with Crippen LogP contribution in [-0.4, -0.2) is 54.0 Å². The zero-order valence-electron chi connectivity index (χ0n) is 16.7. The highest BCUT2D eigenvalue weighted by Gasteiger charge is 2.38. The molecular weight excluding hydrogens is 389 g/mol. The fraction of sp³-hybridized carbons (Fsp3) is 0.524. The average molecular weight is 415 g/mol. The minimum absolute atomic E-state index is 0.00397. The highest BCUT2D eigenvalue weighted by molar-refractivity contribution is 6.40. The Labute approximate surface area is 174 Å². The zero-order chi connectivity index (χ0) is 21.3. The van der Waals surface area contributed by atoms with Gasteiger partial charge in [-0.25, -0.2) is 4.39 Å².